The van der Waals surface area contributed by atoms with Crippen LogP contribution in [0.15, 0.2) is 364 Å². The first-order chi connectivity index (χ1) is 65.7. The van der Waals surface area contributed by atoms with Crippen LogP contribution in [-0.2, 0) is 27.1 Å². The Labute approximate surface area is 1090 Å². The zero-order valence-electron chi connectivity index (χ0n) is 80.9. The van der Waals surface area contributed by atoms with Crippen molar-refractivity contribution in [1.29, 1.82) is 0 Å². The Morgan fingerprint density at radius 2 is 0.322 bits per heavy atom. The maximum Gasteiger partial charge on any atom is 0.124 e. The van der Waals surface area contributed by atoms with Gasteiger partial charge in [0.2, 0.25) is 0 Å². The Balaban J connectivity index is 0.000000171. The molecule has 0 fully saturated rings. The molecule has 10 heterocycles. The van der Waals surface area contributed by atoms with Crippen LogP contribution in [0.2, 0.25) is 0 Å². The summed E-state index contributed by atoms with van der Waals surface area (Å²) in [6.07, 6.45) is 0. The maximum absolute atomic E-state index is 6.34. The minimum atomic E-state index is -0.725. The summed E-state index contributed by atoms with van der Waals surface area (Å²) < 4.78 is 60.1. The fraction of sp³-hybridized carbons (Fsp3) is 0.200. The van der Waals surface area contributed by atoms with Gasteiger partial charge in [0.05, 0.1) is 27.1 Å². The molecule has 16 aromatic carbocycles. The minimum Gasteiger partial charge on any atom is -0.492 e. The van der Waals surface area contributed by atoms with Gasteiger partial charge >= 0.3 is 0 Å². The van der Waals surface area contributed by atoms with Crippen molar-refractivity contribution in [3.8, 4) is 57.5 Å². The van der Waals surface area contributed by atoms with Gasteiger partial charge in [0.25, 0.3) is 0 Å². The average Bonchev–Trinajstić information content (AvgIpc) is 1.53. The predicted molar refractivity (Wildman–Crippen MR) is 568 cm³/mol. The molecule has 0 aliphatic carbocycles. The first-order valence-electron chi connectivity index (χ1n) is 46.2. The molecule has 16 aromatic rings. The zero-order valence-corrected chi connectivity index (χ0v) is 92.0. The summed E-state index contributed by atoms with van der Waals surface area (Å²) in [5.74, 6) is 9.98. The number of fused-ring (bicyclic) bond motifs is 20. The molecule has 143 heavy (non-hydrogen) atoms. The molecule has 10 aliphatic rings. The summed E-state index contributed by atoms with van der Waals surface area (Å²) in [5, 5.41) is 8.88. The molecule has 0 aromatic heterocycles. The van der Waals surface area contributed by atoms with Crippen LogP contribution in [0.5, 0.6) is 57.5 Å². The Kier molecular flexibility index (Phi) is 48.2. The second kappa shape index (κ2) is 56.2. The van der Waals surface area contributed by atoms with Gasteiger partial charge in [-0.3, -0.25) is 0 Å². The summed E-state index contributed by atoms with van der Waals surface area (Å²) in [5.41, 5.74) is 23.8. The fourth-order valence-corrected chi connectivity index (χ4v) is 25.6. The number of hydrogen-bond acceptors (Lipinski definition) is 10. The second-order valence-corrected chi connectivity index (χ2v) is 40.9. The van der Waals surface area contributed by atoms with Crippen LogP contribution in [0.25, 0.3) is 0 Å². The summed E-state index contributed by atoms with van der Waals surface area (Å²) in [7, 11) is 10.6. The van der Waals surface area contributed by atoms with Crippen LogP contribution in [0.1, 0.15) is 106 Å². The standard InChI is InChI=1S/C28H23O2P.4C16H15O2P.4C7H8.8Ar/c1-20-10-8-15-23-26(20)28(18-29-23)19-30-24-16-9-17-25(27(24)28)31(21-11-4-2-5-12-21)22-13-6-3-7-14-22;4*1-10-4-2-5-11-14(10)16(8-17-11)9-18-12-6-3-7-13(19)15(12)16;4*1-7-5-3-2-4-6-7;;;;;;;;/h2-17H,18-19H2,1H3;4*2-7H,8-9,19H2,1H3;4*2-6H,1H3;;;;;;;;. The quantitative estimate of drug-likeness (QED) is 0.159. The Morgan fingerprint density at radius 1 is 0.168 bits per heavy atom. The van der Waals surface area contributed by atoms with Crippen molar-refractivity contribution in [2.75, 3.05) is 66.1 Å². The molecule has 9 atom stereocenters. The molecular formula is C120H115Ar8O10P5. The minimum absolute atomic E-state index is 0. The van der Waals surface area contributed by atoms with Crippen LogP contribution in [0, 0.1) is 364 Å². The van der Waals surface area contributed by atoms with Gasteiger partial charge in [-0.15, -0.1) is 37.0 Å². The predicted octanol–water partition coefficient (Wildman–Crippen LogP) is 23.1. The van der Waals surface area contributed by atoms with E-state index in [4.69, 9.17) is 47.4 Å². The Morgan fingerprint density at radius 3 is 0.503 bits per heavy atom. The molecule has 26 rings (SSSR count). The zero-order chi connectivity index (χ0) is 93.4. The molecule has 5 spiro atoms. The van der Waals surface area contributed by atoms with E-state index in [1.165, 1.54) is 143 Å². The van der Waals surface area contributed by atoms with Crippen molar-refractivity contribution >= 4 is 82.0 Å². The van der Waals surface area contributed by atoms with E-state index in [1.807, 2.05) is 121 Å². The van der Waals surface area contributed by atoms with Crippen molar-refractivity contribution in [1.82, 2.24) is 0 Å². The number of aryl methyl sites for hydroxylation is 9. The van der Waals surface area contributed by atoms with E-state index in [-0.39, 0.29) is 329 Å². The van der Waals surface area contributed by atoms with Crippen molar-refractivity contribution in [3.05, 3.63) is 470 Å². The molecular weight excluding hydrogens is 2080 g/mol. The SMILES string of the molecule is Cc1cccc2c1C1(CO2)COc2cccc(P(c3ccccc3)c3ccccc3)c21.Cc1cccc2c1C1(CO2)COc2cccc(P)c21.Cc1cccc2c1C1(CO2)COc2cccc(P)c21.Cc1cccc2c1C1(CO2)COc2cccc(P)c21.Cc1cccc2c1C1(CO2)COc2cccc(P)c21.Cc1ccccc1.Cc1ccccc1.Cc1ccccc1.Cc1ccccc1.[Ar].[Ar].[Ar].[Ar].[Ar].[Ar].[Ar].[Ar]. The van der Waals surface area contributed by atoms with Crippen molar-refractivity contribution in [3.63, 3.8) is 0 Å². The second-order valence-electron chi connectivity index (χ2n) is 36.2. The number of hydrogen-bond donors (Lipinski definition) is 0. The number of ether oxygens (including phenoxy) is 10. The van der Waals surface area contributed by atoms with Gasteiger partial charge < -0.3 is 47.4 Å². The Hall–Kier alpha value is -2.25. The molecule has 10 nitrogen and oxygen atoms in total. The van der Waals surface area contributed by atoms with Crippen LogP contribution >= 0.6 is 44.9 Å². The van der Waals surface area contributed by atoms with E-state index >= 15 is 0 Å². The third kappa shape index (κ3) is 26.3. The molecule has 23 heteroatoms. The summed E-state index contributed by atoms with van der Waals surface area (Å²) in [6, 6.07) is 126. The van der Waals surface area contributed by atoms with Gasteiger partial charge in [-0.1, -0.05) is 326 Å². The van der Waals surface area contributed by atoms with Crippen molar-refractivity contribution in [2.24, 2.45) is 0 Å². The van der Waals surface area contributed by atoms with E-state index in [0.29, 0.717) is 66.1 Å². The van der Waals surface area contributed by atoms with E-state index < -0.39 is 7.92 Å². The van der Waals surface area contributed by atoms with Gasteiger partial charge in [0, 0.05) is 358 Å². The molecule has 0 amide bonds. The van der Waals surface area contributed by atoms with E-state index in [9.17, 15) is 0 Å². The first-order valence-corrected chi connectivity index (χ1v) is 49.8. The Bertz CT molecular complexity index is 6040. The largest absolute Gasteiger partial charge is 0.492 e. The molecule has 9 unspecified atom stereocenters. The van der Waals surface area contributed by atoms with Gasteiger partial charge in [-0.05, 0) is 196 Å². The average molecular weight is 2190 g/mol. The maximum atomic E-state index is 6.34. The molecule has 0 bridgehead atoms. The third-order valence-corrected chi connectivity index (χ3v) is 31.4. The van der Waals surface area contributed by atoms with Gasteiger partial charge in [-0.2, -0.15) is 0 Å². The monoisotopic (exact) mass is 2190 g/mol. The summed E-state index contributed by atoms with van der Waals surface area (Å²) in [6.45, 7) is 25.8. The molecule has 0 N–H and O–H groups in total. The summed E-state index contributed by atoms with van der Waals surface area (Å²) >= 11 is 0. The molecule has 744 valence electrons. The third-order valence-electron chi connectivity index (χ3n) is 27.0. The normalized spacial score (nSPS) is 17.9. The van der Waals surface area contributed by atoms with Gasteiger partial charge in [0.15, 0.2) is 0 Å². The van der Waals surface area contributed by atoms with Crippen LogP contribution in [0.3, 0.4) is 0 Å². The van der Waals surface area contributed by atoms with E-state index in [0.717, 1.165) is 57.5 Å². The fourth-order valence-electron chi connectivity index (χ4n) is 20.9. The number of benzene rings is 16. The van der Waals surface area contributed by atoms with Crippen LogP contribution in [-0.4, -0.2) is 66.1 Å². The van der Waals surface area contributed by atoms with Crippen molar-refractivity contribution in [2.45, 2.75) is 89.4 Å². The van der Waals surface area contributed by atoms with E-state index in [1.54, 1.807) is 0 Å². The van der Waals surface area contributed by atoms with Crippen molar-refractivity contribution < 1.29 is 349 Å². The molecule has 0 saturated heterocycles. The summed E-state index contributed by atoms with van der Waals surface area (Å²) in [4.78, 5) is 0. The smallest absolute Gasteiger partial charge is 0.124 e. The topological polar surface area (TPSA) is 92.3 Å². The number of rotatable bonds is 3. The molecule has 0 radical (unpaired) electrons. The molecule has 10 aliphatic heterocycles. The van der Waals surface area contributed by atoms with Gasteiger partial charge in [-0.25, -0.2) is 0 Å². The van der Waals surface area contributed by atoms with E-state index in [2.05, 4.69) is 342 Å². The van der Waals surface area contributed by atoms with Crippen LogP contribution in [0.4, 0.5) is 0 Å². The molecule has 0 saturated carbocycles. The van der Waals surface area contributed by atoms with Crippen LogP contribution < -0.4 is 84.5 Å². The first kappa shape index (κ1) is 123. The van der Waals surface area contributed by atoms with Gasteiger partial charge in [0.1, 0.15) is 124 Å².